The Balaban J connectivity index is 2.18. The fraction of sp³-hybridized carbons (Fsp3) is 0.800. The van der Waals surface area contributed by atoms with Crippen LogP contribution in [0.5, 0.6) is 0 Å². The van der Waals surface area contributed by atoms with Crippen molar-refractivity contribution in [2.45, 2.75) is 57.9 Å². The van der Waals surface area contributed by atoms with Gasteiger partial charge in [-0.05, 0) is 40.0 Å². The molecule has 22 heavy (non-hydrogen) atoms. The average Bonchev–Trinajstić information content (AvgIpc) is 2.79. The molecule has 1 fully saturated rings. The maximum atomic E-state index is 12.9. The van der Waals surface area contributed by atoms with Crippen LogP contribution in [0.4, 0.5) is 0 Å². The lowest BCUT2D eigenvalue weighted by atomic mass is 10.2. The molecule has 0 spiro atoms. The van der Waals surface area contributed by atoms with Gasteiger partial charge in [-0.25, -0.2) is 8.42 Å². The lowest BCUT2D eigenvalue weighted by Crippen LogP contribution is -2.36. The number of hydrogen-bond acceptors (Lipinski definition) is 4. The second-order valence-electron chi connectivity index (χ2n) is 5.74. The number of ether oxygens (including phenoxy) is 1. The maximum absolute atomic E-state index is 12.9. The van der Waals surface area contributed by atoms with Gasteiger partial charge in [0.1, 0.15) is 4.90 Å². The highest BCUT2D eigenvalue weighted by Crippen LogP contribution is 2.26. The van der Waals surface area contributed by atoms with Crippen LogP contribution in [0.2, 0.25) is 0 Å². The Morgan fingerprint density at radius 3 is 2.50 bits per heavy atom. The molecule has 0 aliphatic carbocycles. The standard InChI is InChI=1S/C15H27N3O3S/c1-4-21-12-8-11-18-14(3)15(13(2)16-18)22(19,20)17-9-6-5-7-10-17/h4-12H2,1-3H3. The molecule has 126 valence electrons. The number of nitrogens with zero attached hydrogens (tertiary/aromatic N) is 3. The van der Waals surface area contributed by atoms with Crippen LogP contribution in [0.15, 0.2) is 4.90 Å². The second-order valence-corrected chi connectivity index (χ2v) is 7.61. The van der Waals surface area contributed by atoms with Crippen LogP contribution in [-0.2, 0) is 21.3 Å². The Kier molecular flexibility index (Phi) is 6.00. The van der Waals surface area contributed by atoms with E-state index in [1.807, 2.05) is 13.8 Å². The zero-order chi connectivity index (χ0) is 16.2. The molecule has 2 heterocycles. The summed E-state index contributed by atoms with van der Waals surface area (Å²) in [7, 11) is -3.42. The Morgan fingerprint density at radius 1 is 1.18 bits per heavy atom. The molecule has 0 aromatic carbocycles. The van der Waals surface area contributed by atoms with Crippen LogP contribution in [-0.4, -0.2) is 48.8 Å². The molecule has 0 N–H and O–H groups in total. The quantitative estimate of drug-likeness (QED) is 0.719. The van der Waals surface area contributed by atoms with E-state index in [1.54, 1.807) is 15.9 Å². The molecule has 1 aliphatic rings. The van der Waals surface area contributed by atoms with Crippen LogP contribution < -0.4 is 0 Å². The minimum Gasteiger partial charge on any atom is -0.382 e. The van der Waals surface area contributed by atoms with Gasteiger partial charge in [-0.2, -0.15) is 9.40 Å². The number of aromatic nitrogens is 2. The Bertz CT molecular complexity index is 589. The third-order valence-electron chi connectivity index (χ3n) is 4.09. The molecule has 0 saturated carbocycles. The van der Waals surface area contributed by atoms with E-state index in [9.17, 15) is 8.42 Å². The van der Waals surface area contributed by atoms with Crippen molar-refractivity contribution < 1.29 is 13.2 Å². The first-order valence-corrected chi connectivity index (χ1v) is 9.54. The number of aryl methyl sites for hydroxylation is 2. The lowest BCUT2D eigenvalue weighted by Gasteiger charge is -2.26. The second kappa shape index (κ2) is 7.57. The summed E-state index contributed by atoms with van der Waals surface area (Å²) in [6.45, 7) is 8.89. The number of rotatable bonds is 7. The van der Waals surface area contributed by atoms with Gasteiger partial charge < -0.3 is 4.74 Å². The predicted molar refractivity (Wildman–Crippen MR) is 85.4 cm³/mol. The Hall–Kier alpha value is -0.920. The summed E-state index contributed by atoms with van der Waals surface area (Å²) in [5, 5.41) is 4.42. The van der Waals surface area contributed by atoms with Gasteiger partial charge in [0.05, 0.1) is 11.4 Å². The molecule has 0 atom stereocenters. The summed E-state index contributed by atoms with van der Waals surface area (Å²) >= 11 is 0. The van der Waals surface area contributed by atoms with E-state index >= 15 is 0 Å². The van der Waals surface area contributed by atoms with Gasteiger partial charge in [0.2, 0.25) is 10.0 Å². The fourth-order valence-corrected chi connectivity index (χ4v) is 4.86. The average molecular weight is 329 g/mol. The van der Waals surface area contributed by atoms with Crippen LogP contribution >= 0.6 is 0 Å². The van der Waals surface area contributed by atoms with E-state index in [2.05, 4.69) is 5.10 Å². The lowest BCUT2D eigenvalue weighted by molar-refractivity contribution is 0.140. The van der Waals surface area contributed by atoms with Crippen molar-refractivity contribution in [2.75, 3.05) is 26.3 Å². The van der Waals surface area contributed by atoms with Gasteiger partial charge >= 0.3 is 0 Å². The minimum atomic E-state index is -3.42. The van der Waals surface area contributed by atoms with E-state index in [0.29, 0.717) is 43.4 Å². The van der Waals surface area contributed by atoms with Crippen molar-refractivity contribution in [3.63, 3.8) is 0 Å². The zero-order valence-corrected chi connectivity index (χ0v) is 14.7. The van der Waals surface area contributed by atoms with Crippen molar-refractivity contribution in [3.8, 4) is 0 Å². The molecular weight excluding hydrogens is 302 g/mol. The molecule has 6 nitrogen and oxygen atoms in total. The highest BCUT2D eigenvalue weighted by molar-refractivity contribution is 7.89. The van der Waals surface area contributed by atoms with Crippen molar-refractivity contribution in [1.29, 1.82) is 0 Å². The SMILES string of the molecule is CCOCCCn1nc(C)c(S(=O)(=O)N2CCCCC2)c1C. The molecule has 0 amide bonds. The topological polar surface area (TPSA) is 64.4 Å². The van der Waals surface area contributed by atoms with Gasteiger partial charge in [0.25, 0.3) is 0 Å². The first kappa shape index (κ1) is 17.4. The fourth-order valence-electron chi connectivity index (χ4n) is 2.97. The van der Waals surface area contributed by atoms with E-state index in [4.69, 9.17) is 4.74 Å². The van der Waals surface area contributed by atoms with Crippen LogP contribution in [0.3, 0.4) is 0 Å². The summed E-state index contributed by atoms with van der Waals surface area (Å²) in [6, 6.07) is 0. The summed E-state index contributed by atoms with van der Waals surface area (Å²) in [4.78, 5) is 0.394. The molecular formula is C15H27N3O3S. The van der Waals surface area contributed by atoms with E-state index in [0.717, 1.165) is 31.4 Å². The molecule has 0 unspecified atom stereocenters. The van der Waals surface area contributed by atoms with Crippen molar-refractivity contribution in [2.24, 2.45) is 0 Å². The van der Waals surface area contributed by atoms with Crippen LogP contribution in [0, 0.1) is 13.8 Å². The summed E-state index contributed by atoms with van der Waals surface area (Å²) < 4.78 is 34.5. The summed E-state index contributed by atoms with van der Waals surface area (Å²) in [6.07, 6.45) is 3.83. The van der Waals surface area contributed by atoms with Crippen LogP contribution in [0.1, 0.15) is 44.0 Å². The Morgan fingerprint density at radius 2 is 1.86 bits per heavy atom. The highest BCUT2D eigenvalue weighted by atomic mass is 32.2. The van der Waals surface area contributed by atoms with Gasteiger partial charge in [-0.3, -0.25) is 4.68 Å². The first-order chi connectivity index (χ1) is 10.5. The van der Waals surface area contributed by atoms with Crippen molar-refractivity contribution in [1.82, 2.24) is 14.1 Å². The molecule has 0 bridgehead atoms. The third kappa shape index (κ3) is 3.70. The molecule has 2 rings (SSSR count). The third-order valence-corrected chi connectivity index (χ3v) is 6.24. The predicted octanol–water partition coefficient (Wildman–Crippen LogP) is 2.10. The van der Waals surface area contributed by atoms with Crippen molar-refractivity contribution >= 4 is 10.0 Å². The molecule has 1 saturated heterocycles. The van der Waals surface area contributed by atoms with Crippen LogP contribution in [0.25, 0.3) is 0 Å². The summed E-state index contributed by atoms with van der Waals surface area (Å²) in [5.74, 6) is 0. The van der Waals surface area contributed by atoms with E-state index in [1.165, 1.54) is 0 Å². The monoisotopic (exact) mass is 329 g/mol. The smallest absolute Gasteiger partial charge is 0.246 e. The number of sulfonamides is 1. The minimum absolute atomic E-state index is 0.394. The largest absolute Gasteiger partial charge is 0.382 e. The van der Waals surface area contributed by atoms with E-state index in [-0.39, 0.29) is 0 Å². The summed E-state index contributed by atoms with van der Waals surface area (Å²) in [5.41, 5.74) is 1.33. The van der Waals surface area contributed by atoms with Gasteiger partial charge in [0.15, 0.2) is 0 Å². The normalized spacial score (nSPS) is 17.0. The molecule has 7 heteroatoms. The molecule has 1 aliphatic heterocycles. The van der Waals surface area contributed by atoms with E-state index < -0.39 is 10.0 Å². The molecule has 1 aromatic rings. The Labute approximate surface area is 133 Å². The molecule has 0 radical (unpaired) electrons. The first-order valence-electron chi connectivity index (χ1n) is 8.10. The number of piperidine rings is 1. The maximum Gasteiger partial charge on any atom is 0.246 e. The molecule has 1 aromatic heterocycles. The van der Waals surface area contributed by atoms with Gasteiger partial charge in [-0.1, -0.05) is 6.42 Å². The van der Waals surface area contributed by atoms with Gasteiger partial charge in [0, 0.05) is 32.8 Å². The van der Waals surface area contributed by atoms with Crippen molar-refractivity contribution in [3.05, 3.63) is 11.4 Å². The zero-order valence-electron chi connectivity index (χ0n) is 13.8. The highest BCUT2D eigenvalue weighted by Gasteiger charge is 2.31. The number of hydrogen-bond donors (Lipinski definition) is 0. The van der Waals surface area contributed by atoms with Gasteiger partial charge in [-0.15, -0.1) is 0 Å².